The average molecular weight is 192 g/mol. The van der Waals surface area contributed by atoms with E-state index in [1.165, 1.54) is 0 Å². The Morgan fingerprint density at radius 1 is 1.29 bits per heavy atom. The van der Waals surface area contributed by atoms with Gasteiger partial charge < -0.3 is 9.47 Å². The molecule has 0 saturated heterocycles. The second-order valence-electron chi connectivity index (χ2n) is 3.03. The Bertz CT molecular complexity index is 305. The van der Waals surface area contributed by atoms with Crippen molar-refractivity contribution in [1.82, 2.24) is 0 Å². The minimum absolute atomic E-state index is 0.0899. The van der Waals surface area contributed by atoms with Crippen molar-refractivity contribution in [2.75, 3.05) is 7.11 Å². The van der Waals surface area contributed by atoms with Crippen LogP contribution in [0.15, 0.2) is 36.4 Å². The number of allylic oxidation sites excluding steroid dienone is 1. The van der Waals surface area contributed by atoms with Gasteiger partial charge in [-0.05, 0) is 32.1 Å². The van der Waals surface area contributed by atoms with Crippen molar-refractivity contribution in [3.8, 4) is 11.5 Å². The molecule has 0 spiro atoms. The summed E-state index contributed by atoms with van der Waals surface area (Å²) in [7, 11) is 1.65. The number of hydrogen-bond acceptors (Lipinski definition) is 2. The molecule has 0 aliphatic carbocycles. The van der Waals surface area contributed by atoms with Crippen LogP contribution in [0.25, 0.3) is 0 Å². The Hall–Kier alpha value is -1.44. The Kier molecular flexibility index (Phi) is 4.05. The average Bonchev–Trinajstić information content (AvgIpc) is 2.18. The van der Waals surface area contributed by atoms with Crippen LogP contribution in [0.4, 0.5) is 0 Å². The lowest BCUT2D eigenvalue weighted by Gasteiger charge is -2.11. The summed E-state index contributed by atoms with van der Waals surface area (Å²) in [5.74, 6) is 1.64. The summed E-state index contributed by atoms with van der Waals surface area (Å²) in [6.07, 6.45) is 4.07. The van der Waals surface area contributed by atoms with E-state index >= 15 is 0 Å². The Morgan fingerprint density at radius 3 is 2.64 bits per heavy atom. The molecule has 1 unspecified atom stereocenters. The largest absolute Gasteiger partial charge is 0.497 e. The van der Waals surface area contributed by atoms with E-state index in [0.717, 1.165) is 11.5 Å². The summed E-state index contributed by atoms with van der Waals surface area (Å²) in [6.45, 7) is 3.98. The van der Waals surface area contributed by atoms with Gasteiger partial charge in [0.1, 0.15) is 17.6 Å². The van der Waals surface area contributed by atoms with Gasteiger partial charge in [-0.15, -0.1) is 0 Å². The summed E-state index contributed by atoms with van der Waals surface area (Å²) in [4.78, 5) is 0. The SMILES string of the molecule is CC=CC(C)Oc1cccc(OC)c1. The number of methoxy groups -OCH3 is 1. The highest BCUT2D eigenvalue weighted by atomic mass is 16.5. The summed E-state index contributed by atoms with van der Waals surface area (Å²) >= 11 is 0. The Morgan fingerprint density at radius 2 is 2.00 bits per heavy atom. The van der Waals surface area contributed by atoms with Crippen molar-refractivity contribution in [3.05, 3.63) is 36.4 Å². The standard InChI is InChI=1S/C12H16O2/c1-4-6-10(2)14-12-8-5-7-11(9-12)13-3/h4-10H,1-3H3. The predicted molar refractivity (Wildman–Crippen MR) is 57.9 cm³/mol. The smallest absolute Gasteiger partial charge is 0.123 e. The Labute approximate surface area is 85.2 Å². The van der Waals surface area contributed by atoms with Crippen LogP contribution in [0.2, 0.25) is 0 Å². The number of hydrogen-bond donors (Lipinski definition) is 0. The first kappa shape index (κ1) is 10.6. The third-order valence-corrected chi connectivity index (χ3v) is 1.83. The maximum Gasteiger partial charge on any atom is 0.123 e. The monoisotopic (exact) mass is 192 g/mol. The molecule has 0 aliphatic rings. The zero-order valence-corrected chi connectivity index (χ0v) is 8.86. The molecule has 2 heteroatoms. The van der Waals surface area contributed by atoms with Crippen molar-refractivity contribution in [3.63, 3.8) is 0 Å². The second kappa shape index (κ2) is 5.32. The fourth-order valence-corrected chi connectivity index (χ4v) is 1.20. The minimum Gasteiger partial charge on any atom is -0.497 e. The first-order valence-corrected chi connectivity index (χ1v) is 4.69. The van der Waals surface area contributed by atoms with Crippen LogP contribution in [0, 0.1) is 0 Å². The van der Waals surface area contributed by atoms with Gasteiger partial charge in [-0.25, -0.2) is 0 Å². The molecule has 76 valence electrons. The van der Waals surface area contributed by atoms with Gasteiger partial charge in [-0.1, -0.05) is 12.1 Å². The van der Waals surface area contributed by atoms with Crippen molar-refractivity contribution in [2.24, 2.45) is 0 Å². The van der Waals surface area contributed by atoms with E-state index in [4.69, 9.17) is 9.47 Å². The third-order valence-electron chi connectivity index (χ3n) is 1.83. The maximum absolute atomic E-state index is 5.63. The third kappa shape index (κ3) is 3.13. The highest BCUT2D eigenvalue weighted by molar-refractivity contribution is 5.33. The van der Waals surface area contributed by atoms with Gasteiger partial charge in [0.15, 0.2) is 0 Å². The van der Waals surface area contributed by atoms with Crippen molar-refractivity contribution in [1.29, 1.82) is 0 Å². The fraction of sp³-hybridized carbons (Fsp3) is 0.333. The van der Waals surface area contributed by atoms with Crippen LogP contribution in [0.1, 0.15) is 13.8 Å². The first-order chi connectivity index (χ1) is 6.76. The summed E-state index contributed by atoms with van der Waals surface area (Å²) in [5, 5.41) is 0. The number of benzene rings is 1. The molecule has 1 atom stereocenters. The van der Waals surface area contributed by atoms with Gasteiger partial charge in [0, 0.05) is 6.07 Å². The molecule has 14 heavy (non-hydrogen) atoms. The molecule has 0 bridgehead atoms. The van der Waals surface area contributed by atoms with Gasteiger partial charge in [0.25, 0.3) is 0 Å². The molecule has 2 nitrogen and oxygen atoms in total. The quantitative estimate of drug-likeness (QED) is 0.683. The first-order valence-electron chi connectivity index (χ1n) is 4.69. The minimum atomic E-state index is 0.0899. The lowest BCUT2D eigenvalue weighted by Crippen LogP contribution is -2.07. The molecule has 0 amide bonds. The highest BCUT2D eigenvalue weighted by Gasteiger charge is 2.00. The highest BCUT2D eigenvalue weighted by Crippen LogP contribution is 2.19. The van der Waals surface area contributed by atoms with Crippen LogP contribution < -0.4 is 9.47 Å². The molecule has 0 fully saturated rings. The van der Waals surface area contributed by atoms with E-state index < -0.39 is 0 Å². The van der Waals surface area contributed by atoms with Gasteiger partial charge in [0.2, 0.25) is 0 Å². The molecule has 1 aromatic carbocycles. The van der Waals surface area contributed by atoms with Gasteiger partial charge in [-0.2, -0.15) is 0 Å². The van der Waals surface area contributed by atoms with Crippen LogP contribution in [-0.2, 0) is 0 Å². The molecule has 0 radical (unpaired) electrons. The maximum atomic E-state index is 5.63. The fourth-order valence-electron chi connectivity index (χ4n) is 1.20. The molecule has 0 heterocycles. The molecular weight excluding hydrogens is 176 g/mol. The number of rotatable bonds is 4. The van der Waals surface area contributed by atoms with Crippen molar-refractivity contribution < 1.29 is 9.47 Å². The van der Waals surface area contributed by atoms with Gasteiger partial charge >= 0.3 is 0 Å². The van der Waals surface area contributed by atoms with E-state index in [9.17, 15) is 0 Å². The molecule has 0 saturated carbocycles. The topological polar surface area (TPSA) is 18.5 Å². The second-order valence-corrected chi connectivity index (χ2v) is 3.03. The lowest BCUT2D eigenvalue weighted by molar-refractivity contribution is 0.268. The Balaban J connectivity index is 2.66. The van der Waals surface area contributed by atoms with E-state index in [-0.39, 0.29) is 6.10 Å². The molecule has 0 aromatic heterocycles. The van der Waals surface area contributed by atoms with Crippen LogP contribution in [0.5, 0.6) is 11.5 Å². The molecular formula is C12H16O2. The van der Waals surface area contributed by atoms with E-state index in [2.05, 4.69) is 0 Å². The molecule has 0 aliphatic heterocycles. The molecule has 1 rings (SSSR count). The van der Waals surface area contributed by atoms with Crippen molar-refractivity contribution in [2.45, 2.75) is 20.0 Å². The lowest BCUT2D eigenvalue weighted by atomic mass is 10.3. The van der Waals surface area contributed by atoms with Crippen molar-refractivity contribution >= 4 is 0 Å². The van der Waals surface area contributed by atoms with Gasteiger partial charge in [-0.3, -0.25) is 0 Å². The molecule has 0 N–H and O–H groups in total. The van der Waals surface area contributed by atoms with E-state index in [1.54, 1.807) is 7.11 Å². The van der Waals surface area contributed by atoms with Crippen LogP contribution in [-0.4, -0.2) is 13.2 Å². The zero-order chi connectivity index (χ0) is 10.4. The summed E-state index contributed by atoms with van der Waals surface area (Å²) in [6, 6.07) is 7.60. The zero-order valence-electron chi connectivity index (χ0n) is 8.86. The number of ether oxygens (including phenoxy) is 2. The van der Waals surface area contributed by atoms with Crippen LogP contribution in [0.3, 0.4) is 0 Å². The van der Waals surface area contributed by atoms with Gasteiger partial charge in [0.05, 0.1) is 7.11 Å². The van der Waals surface area contributed by atoms with E-state index in [0.29, 0.717) is 0 Å². The predicted octanol–water partition coefficient (Wildman–Crippen LogP) is 3.04. The summed E-state index contributed by atoms with van der Waals surface area (Å²) in [5.41, 5.74) is 0. The molecule has 1 aromatic rings. The van der Waals surface area contributed by atoms with E-state index in [1.807, 2.05) is 50.3 Å². The van der Waals surface area contributed by atoms with Crippen LogP contribution >= 0.6 is 0 Å². The summed E-state index contributed by atoms with van der Waals surface area (Å²) < 4.78 is 10.7. The normalized spacial score (nSPS) is 12.8.